The van der Waals surface area contributed by atoms with Crippen LogP contribution in [0.1, 0.15) is 30.5 Å². The van der Waals surface area contributed by atoms with Gasteiger partial charge in [-0.15, -0.1) is 11.8 Å². The summed E-state index contributed by atoms with van der Waals surface area (Å²) in [7, 11) is 1.62. The number of carbonyl (C=O) groups is 2. The minimum atomic E-state index is -0.631. The number of amides is 2. The fraction of sp³-hybridized carbons (Fsp3) is 0.333. The van der Waals surface area contributed by atoms with Gasteiger partial charge in [0.1, 0.15) is 11.8 Å². The first kappa shape index (κ1) is 28.8. The van der Waals surface area contributed by atoms with E-state index in [1.54, 1.807) is 23.8 Å². The third-order valence-electron chi connectivity index (χ3n) is 5.85. The Labute approximate surface area is 233 Å². The van der Waals surface area contributed by atoms with Crippen molar-refractivity contribution in [3.63, 3.8) is 0 Å². The Kier molecular flexibility index (Phi) is 11.5. The van der Waals surface area contributed by atoms with Crippen molar-refractivity contribution in [3.8, 4) is 5.75 Å². The quantitative estimate of drug-likeness (QED) is 0.264. The zero-order chi connectivity index (χ0) is 26.6. The number of nitrogens with one attached hydrogen (secondary N) is 1. The van der Waals surface area contributed by atoms with Crippen molar-refractivity contribution in [2.45, 2.75) is 38.6 Å². The van der Waals surface area contributed by atoms with E-state index in [1.807, 2.05) is 78.9 Å². The molecular weight excluding hydrogens is 548 g/mol. The summed E-state index contributed by atoms with van der Waals surface area (Å²) < 4.78 is 6.42. The van der Waals surface area contributed by atoms with Crippen LogP contribution in [0.25, 0.3) is 0 Å². The molecular formula is C30H35BrN2O3S. The minimum absolute atomic E-state index is 0.0643. The molecule has 3 aromatic rings. The normalized spacial score (nSPS) is 11.7. The highest BCUT2D eigenvalue weighted by molar-refractivity contribution is 9.10. The molecule has 0 fully saturated rings. The highest BCUT2D eigenvalue weighted by Crippen LogP contribution is 2.21. The number of thioether (sulfide) groups is 1. The molecule has 0 aliphatic carbocycles. The summed E-state index contributed by atoms with van der Waals surface area (Å²) in [4.78, 5) is 28.9. The second-order valence-electron chi connectivity index (χ2n) is 9.34. The second kappa shape index (κ2) is 14.8. The number of benzene rings is 3. The lowest BCUT2D eigenvalue weighted by Crippen LogP contribution is -2.51. The van der Waals surface area contributed by atoms with Crippen molar-refractivity contribution < 1.29 is 14.3 Å². The zero-order valence-electron chi connectivity index (χ0n) is 21.7. The lowest BCUT2D eigenvalue weighted by Gasteiger charge is -2.32. The highest BCUT2D eigenvalue weighted by atomic mass is 79.9. The van der Waals surface area contributed by atoms with Gasteiger partial charge in [0.2, 0.25) is 11.8 Å². The van der Waals surface area contributed by atoms with Crippen LogP contribution < -0.4 is 10.1 Å². The first-order chi connectivity index (χ1) is 17.9. The van der Waals surface area contributed by atoms with E-state index < -0.39 is 6.04 Å². The van der Waals surface area contributed by atoms with Crippen molar-refractivity contribution in [2.24, 2.45) is 5.92 Å². The van der Waals surface area contributed by atoms with E-state index >= 15 is 0 Å². The molecule has 0 saturated carbocycles. The lowest BCUT2D eigenvalue weighted by atomic mass is 10.0. The van der Waals surface area contributed by atoms with Crippen LogP contribution in [0.4, 0.5) is 0 Å². The van der Waals surface area contributed by atoms with E-state index in [2.05, 4.69) is 35.1 Å². The first-order valence-electron chi connectivity index (χ1n) is 12.4. The highest BCUT2D eigenvalue weighted by Gasteiger charge is 2.30. The van der Waals surface area contributed by atoms with Crippen LogP contribution in [0.3, 0.4) is 0 Å². The summed E-state index contributed by atoms with van der Waals surface area (Å²) in [6.45, 7) is 5.00. The third-order valence-corrected chi connectivity index (χ3v) is 7.37. The average Bonchev–Trinajstić information content (AvgIpc) is 2.91. The Morgan fingerprint density at radius 2 is 1.65 bits per heavy atom. The molecule has 0 aliphatic rings. The van der Waals surface area contributed by atoms with Crippen molar-refractivity contribution in [1.82, 2.24) is 10.2 Å². The van der Waals surface area contributed by atoms with Gasteiger partial charge >= 0.3 is 0 Å². The van der Waals surface area contributed by atoms with Crippen molar-refractivity contribution in [3.05, 3.63) is 100 Å². The number of halogens is 1. The van der Waals surface area contributed by atoms with Gasteiger partial charge in [0.05, 0.1) is 12.9 Å². The third kappa shape index (κ3) is 9.56. The predicted octanol–water partition coefficient (Wildman–Crippen LogP) is 6.10. The molecule has 0 unspecified atom stereocenters. The maximum Gasteiger partial charge on any atom is 0.243 e. The molecule has 37 heavy (non-hydrogen) atoms. The first-order valence-corrected chi connectivity index (χ1v) is 14.4. The van der Waals surface area contributed by atoms with Gasteiger partial charge in [-0.3, -0.25) is 9.59 Å². The van der Waals surface area contributed by atoms with E-state index in [4.69, 9.17) is 4.74 Å². The van der Waals surface area contributed by atoms with Gasteiger partial charge < -0.3 is 15.0 Å². The Morgan fingerprint density at radius 1 is 0.946 bits per heavy atom. The van der Waals surface area contributed by atoms with Crippen LogP contribution in [0.5, 0.6) is 5.75 Å². The Balaban J connectivity index is 1.85. The van der Waals surface area contributed by atoms with Crippen LogP contribution in [0.15, 0.2) is 83.3 Å². The molecule has 0 bridgehead atoms. The molecule has 1 N–H and O–H groups in total. The fourth-order valence-corrected chi connectivity index (χ4v) is 5.00. The molecule has 1 atom stereocenters. The van der Waals surface area contributed by atoms with Gasteiger partial charge in [0, 0.05) is 29.7 Å². The SMILES string of the molecule is COc1cccc(CN(C(=O)CSCc2ccc(Br)cc2)[C@H](Cc2ccccc2)C(=O)NCC(C)C)c1. The maximum atomic E-state index is 13.7. The fourth-order valence-electron chi connectivity index (χ4n) is 3.86. The maximum absolute atomic E-state index is 13.7. The summed E-state index contributed by atoms with van der Waals surface area (Å²) in [5.74, 6) is 1.83. The van der Waals surface area contributed by atoms with E-state index in [1.165, 1.54) is 0 Å². The molecule has 2 amide bonds. The molecule has 0 aromatic heterocycles. The summed E-state index contributed by atoms with van der Waals surface area (Å²) >= 11 is 5.02. The molecule has 196 valence electrons. The van der Waals surface area contributed by atoms with Crippen molar-refractivity contribution in [2.75, 3.05) is 19.4 Å². The van der Waals surface area contributed by atoms with Crippen LogP contribution in [0, 0.1) is 5.92 Å². The summed E-state index contributed by atoms with van der Waals surface area (Å²) in [6, 6.07) is 25.0. The van der Waals surface area contributed by atoms with E-state index in [0.29, 0.717) is 25.4 Å². The average molecular weight is 584 g/mol. The molecule has 3 aromatic carbocycles. The van der Waals surface area contributed by atoms with Crippen molar-refractivity contribution >= 4 is 39.5 Å². The molecule has 3 rings (SSSR count). The molecule has 0 heterocycles. The van der Waals surface area contributed by atoms with Gasteiger partial charge in [-0.25, -0.2) is 0 Å². The summed E-state index contributed by atoms with van der Waals surface area (Å²) in [6.07, 6.45) is 0.442. The number of rotatable bonds is 13. The van der Waals surface area contributed by atoms with E-state index in [0.717, 1.165) is 32.7 Å². The van der Waals surface area contributed by atoms with Gasteiger partial charge in [-0.1, -0.05) is 84.4 Å². The van der Waals surface area contributed by atoms with Crippen LogP contribution in [-0.2, 0) is 28.3 Å². The van der Waals surface area contributed by atoms with Crippen LogP contribution in [0.2, 0.25) is 0 Å². The number of hydrogen-bond donors (Lipinski definition) is 1. The molecule has 0 radical (unpaired) electrons. The number of ether oxygens (including phenoxy) is 1. The Hall–Kier alpha value is -2.77. The van der Waals surface area contributed by atoms with Gasteiger partial charge in [-0.2, -0.15) is 0 Å². The molecule has 0 aliphatic heterocycles. The largest absolute Gasteiger partial charge is 0.497 e. The number of nitrogens with zero attached hydrogens (tertiary/aromatic N) is 1. The van der Waals surface area contributed by atoms with Crippen LogP contribution >= 0.6 is 27.7 Å². The number of methoxy groups -OCH3 is 1. The predicted molar refractivity (Wildman–Crippen MR) is 156 cm³/mol. The lowest BCUT2D eigenvalue weighted by molar-refractivity contribution is -0.139. The topological polar surface area (TPSA) is 58.6 Å². The van der Waals surface area contributed by atoms with Gasteiger partial charge in [-0.05, 0) is 46.9 Å². The Morgan fingerprint density at radius 3 is 2.32 bits per heavy atom. The smallest absolute Gasteiger partial charge is 0.243 e. The monoisotopic (exact) mass is 582 g/mol. The molecule has 5 nitrogen and oxygen atoms in total. The summed E-state index contributed by atoms with van der Waals surface area (Å²) in [5.41, 5.74) is 3.08. The van der Waals surface area contributed by atoms with E-state index in [-0.39, 0.29) is 17.6 Å². The van der Waals surface area contributed by atoms with Gasteiger partial charge in [0.15, 0.2) is 0 Å². The summed E-state index contributed by atoms with van der Waals surface area (Å²) in [5, 5.41) is 3.06. The molecule has 0 spiro atoms. The number of carbonyl (C=O) groups excluding carboxylic acids is 2. The van der Waals surface area contributed by atoms with Crippen LogP contribution in [-0.4, -0.2) is 42.2 Å². The molecule has 7 heteroatoms. The van der Waals surface area contributed by atoms with E-state index in [9.17, 15) is 9.59 Å². The number of hydrogen-bond acceptors (Lipinski definition) is 4. The zero-order valence-corrected chi connectivity index (χ0v) is 24.1. The van der Waals surface area contributed by atoms with Crippen molar-refractivity contribution in [1.29, 1.82) is 0 Å². The Bertz CT molecular complexity index is 1140. The molecule has 0 saturated heterocycles. The minimum Gasteiger partial charge on any atom is -0.497 e. The standard InChI is InChI=1S/C30H35BrN2O3S/c1-22(2)18-32-30(35)28(17-23-8-5-4-6-9-23)33(19-25-10-7-11-27(16-25)36-3)29(34)21-37-20-24-12-14-26(31)15-13-24/h4-16,22,28H,17-21H2,1-3H3,(H,32,35)/t28-/m1/s1. The van der Waals surface area contributed by atoms with Gasteiger partial charge in [0.25, 0.3) is 0 Å². The second-order valence-corrected chi connectivity index (χ2v) is 11.2.